The molecule has 0 bridgehead atoms. The first-order valence-electron chi connectivity index (χ1n) is 6.88. The summed E-state index contributed by atoms with van der Waals surface area (Å²) in [6.45, 7) is 0. The predicted molar refractivity (Wildman–Crippen MR) is 89.4 cm³/mol. The molecule has 110 valence electrons. The number of hydrogen-bond donors (Lipinski definition) is 0. The monoisotopic (exact) mass is 357 g/mol. The summed E-state index contributed by atoms with van der Waals surface area (Å²) in [5, 5.41) is 0. The van der Waals surface area contributed by atoms with E-state index in [4.69, 9.17) is 4.74 Å². The second kappa shape index (κ2) is 6.65. The molecular weight excluding hydrogens is 341 g/mol. The van der Waals surface area contributed by atoms with E-state index in [2.05, 4.69) is 29.2 Å². The number of hydrogen-bond acceptors (Lipinski definition) is 3. The van der Waals surface area contributed by atoms with Crippen LogP contribution in [0.5, 0.6) is 0 Å². The van der Waals surface area contributed by atoms with E-state index in [1.807, 2.05) is 48.5 Å². The first-order valence-corrected chi connectivity index (χ1v) is 8.59. The molecule has 0 N–H and O–H groups in total. The van der Waals surface area contributed by atoms with Gasteiger partial charge >= 0.3 is 135 Å². The van der Waals surface area contributed by atoms with Gasteiger partial charge in [0.15, 0.2) is 0 Å². The van der Waals surface area contributed by atoms with E-state index in [0.717, 1.165) is 20.4 Å². The van der Waals surface area contributed by atoms with E-state index < -0.39 is 0 Å². The van der Waals surface area contributed by atoms with Crippen molar-refractivity contribution < 1.29 is 9.53 Å². The van der Waals surface area contributed by atoms with Gasteiger partial charge in [-0.05, 0) is 0 Å². The summed E-state index contributed by atoms with van der Waals surface area (Å²) in [5.74, 6) is -0.243. The van der Waals surface area contributed by atoms with Crippen LogP contribution in [0.3, 0.4) is 0 Å². The summed E-state index contributed by atoms with van der Waals surface area (Å²) < 4.78 is 6.68. The number of rotatable bonds is 4. The van der Waals surface area contributed by atoms with Crippen molar-refractivity contribution in [3.05, 3.63) is 77.2 Å². The zero-order valence-electron chi connectivity index (χ0n) is 12.1. The molecule has 1 heterocycles. The van der Waals surface area contributed by atoms with Crippen LogP contribution in [0.1, 0.15) is 9.23 Å². The van der Waals surface area contributed by atoms with Crippen LogP contribution in [-0.4, -0.2) is 27.6 Å². The number of methoxy groups -OCH3 is 1. The molecule has 0 radical (unpaired) electrons. The molecule has 0 aliphatic rings. The van der Waals surface area contributed by atoms with Crippen molar-refractivity contribution in [3.8, 4) is 0 Å². The SMILES string of the molecule is COC(=O)c1ccc(N(c2ccccc2)c2ccccc2)[se]1. The molecule has 0 saturated heterocycles. The predicted octanol–water partition coefficient (Wildman–Crippen LogP) is 4.00. The Balaban J connectivity index is 2.06. The van der Waals surface area contributed by atoms with E-state index in [-0.39, 0.29) is 20.5 Å². The fourth-order valence-electron chi connectivity index (χ4n) is 2.22. The summed E-state index contributed by atoms with van der Waals surface area (Å²) in [4.78, 5) is 13.9. The Morgan fingerprint density at radius 3 is 1.91 bits per heavy atom. The molecule has 3 aromatic rings. The molecule has 3 rings (SSSR count). The molecule has 0 aliphatic carbocycles. The Labute approximate surface area is 135 Å². The second-order valence-electron chi connectivity index (χ2n) is 4.64. The van der Waals surface area contributed by atoms with Crippen LogP contribution in [0.2, 0.25) is 0 Å². The number of carbonyl (C=O) groups excluding carboxylic acids is 1. The first kappa shape index (κ1) is 14.6. The van der Waals surface area contributed by atoms with Gasteiger partial charge in [0, 0.05) is 0 Å². The molecule has 0 atom stereocenters. The van der Waals surface area contributed by atoms with Crippen LogP contribution >= 0.6 is 0 Å². The molecule has 3 nitrogen and oxygen atoms in total. The average molecular weight is 356 g/mol. The molecule has 0 spiro atoms. The van der Waals surface area contributed by atoms with Crippen molar-refractivity contribution in [1.29, 1.82) is 0 Å². The minimum atomic E-state index is -0.243. The molecule has 0 unspecified atom stereocenters. The summed E-state index contributed by atoms with van der Waals surface area (Å²) in [6, 6.07) is 24.2. The van der Waals surface area contributed by atoms with Crippen molar-refractivity contribution in [3.63, 3.8) is 0 Å². The van der Waals surface area contributed by atoms with E-state index in [1.165, 1.54) is 7.11 Å². The Kier molecular flexibility index (Phi) is 4.42. The molecule has 0 aliphatic heterocycles. The Morgan fingerprint density at radius 2 is 1.41 bits per heavy atom. The minimum absolute atomic E-state index is 0.0707. The van der Waals surface area contributed by atoms with E-state index in [0.29, 0.717) is 0 Å². The molecule has 4 heteroatoms. The van der Waals surface area contributed by atoms with Gasteiger partial charge in [-0.15, -0.1) is 0 Å². The molecule has 2 aromatic carbocycles. The van der Waals surface area contributed by atoms with E-state index in [1.54, 1.807) is 0 Å². The van der Waals surface area contributed by atoms with Gasteiger partial charge in [0.25, 0.3) is 0 Å². The number of anilines is 3. The Bertz CT molecular complexity index is 714. The molecule has 0 saturated carbocycles. The van der Waals surface area contributed by atoms with Gasteiger partial charge in [0.05, 0.1) is 0 Å². The van der Waals surface area contributed by atoms with Gasteiger partial charge < -0.3 is 0 Å². The van der Waals surface area contributed by atoms with Gasteiger partial charge in [-0.25, -0.2) is 0 Å². The van der Waals surface area contributed by atoms with Gasteiger partial charge in [0.1, 0.15) is 0 Å². The fourth-order valence-corrected chi connectivity index (χ4v) is 4.24. The zero-order chi connectivity index (χ0) is 15.4. The van der Waals surface area contributed by atoms with Crippen LogP contribution < -0.4 is 4.90 Å². The van der Waals surface area contributed by atoms with Crippen molar-refractivity contribution >= 4 is 36.4 Å². The maximum atomic E-state index is 11.7. The van der Waals surface area contributed by atoms with Crippen LogP contribution in [0.15, 0.2) is 72.8 Å². The zero-order valence-corrected chi connectivity index (χ0v) is 13.8. The van der Waals surface area contributed by atoms with Gasteiger partial charge in [-0.2, -0.15) is 0 Å². The summed E-state index contributed by atoms with van der Waals surface area (Å²) in [6.07, 6.45) is 0. The number of nitrogens with zero attached hydrogens (tertiary/aromatic N) is 1. The first-order chi connectivity index (χ1) is 10.8. The standard InChI is InChI=1S/C18H15NO2Se/c1-21-18(20)16-12-13-17(22-16)19(14-8-4-2-5-9-14)15-10-6-3-7-11-15/h2-13H,1H3. The summed E-state index contributed by atoms with van der Waals surface area (Å²) >= 11 is -0.0707. The Morgan fingerprint density at radius 1 is 0.864 bits per heavy atom. The van der Waals surface area contributed by atoms with Crippen LogP contribution in [-0.2, 0) is 4.74 Å². The van der Waals surface area contributed by atoms with Crippen molar-refractivity contribution in [1.82, 2.24) is 0 Å². The van der Waals surface area contributed by atoms with E-state index in [9.17, 15) is 4.79 Å². The number of esters is 1. The summed E-state index contributed by atoms with van der Waals surface area (Å²) in [5.41, 5.74) is 2.17. The van der Waals surface area contributed by atoms with Gasteiger partial charge in [-0.3, -0.25) is 0 Å². The number of carbonyl (C=O) groups is 1. The van der Waals surface area contributed by atoms with Gasteiger partial charge in [0.2, 0.25) is 0 Å². The van der Waals surface area contributed by atoms with Crippen LogP contribution in [0.4, 0.5) is 15.9 Å². The molecule has 1 aromatic heterocycles. The third kappa shape index (κ3) is 2.98. The van der Waals surface area contributed by atoms with E-state index >= 15 is 0 Å². The topological polar surface area (TPSA) is 29.5 Å². The molecular formula is C18H15NO2Se. The molecule has 22 heavy (non-hydrogen) atoms. The fraction of sp³-hybridized carbons (Fsp3) is 0.0556. The van der Waals surface area contributed by atoms with Crippen LogP contribution in [0, 0.1) is 0 Å². The second-order valence-corrected chi connectivity index (χ2v) is 6.86. The van der Waals surface area contributed by atoms with Crippen molar-refractivity contribution in [2.45, 2.75) is 0 Å². The third-order valence-corrected chi connectivity index (χ3v) is 5.43. The van der Waals surface area contributed by atoms with Gasteiger partial charge in [-0.1, -0.05) is 0 Å². The molecule has 0 amide bonds. The number of para-hydroxylation sites is 2. The normalized spacial score (nSPS) is 10.2. The maximum absolute atomic E-state index is 11.7. The number of ether oxygens (including phenoxy) is 1. The number of benzene rings is 2. The van der Waals surface area contributed by atoms with Crippen molar-refractivity contribution in [2.75, 3.05) is 12.0 Å². The average Bonchev–Trinajstić information content (AvgIpc) is 3.06. The van der Waals surface area contributed by atoms with Crippen LogP contribution in [0.25, 0.3) is 0 Å². The Hall–Kier alpha value is -2.29. The van der Waals surface area contributed by atoms with Crippen molar-refractivity contribution in [2.24, 2.45) is 0 Å². The summed E-state index contributed by atoms with van der Waals surface area (Å²) in [7, 11) is 1.42. The quantitative estimate of drug-likeness (QED) is 0.523. The molecule has 0 fully saturated rings. The third-order valence-electron chi connectivity index (χ3n) is 3.23.